The van der Waals surface area contributed by atoms with Crippen LogP contribution in [0.5, 0.6) is 5.75 Å². The fraction of sp³-hybridized carbons (Fsp3) is 0.294. The van der Waals surface area contributed by atoms with E-state index in [-0.39, 0.29) is 0 Å². The molecule has 3 nitrogen and oxygen atoms in total. The lowest BCUT2D eigenvalue weighted by molar-refractivity contribution is 0.298. The molecule has 2 aliphatic heterocycles. The zero-order valence-corrected chi connectivity index (χ0v) is 11.4. The molecule has 0 aromatic heterocycles. The van der Waals surface area contributed by atoms with Crippen LogP contribution in [0, 0.1) is 0 Å². The average Bonchev–Trinajstić information content (AvgIpc) is 2.54. The second-order valence-corrected chi connectivity index (χ2v) is 5.33. The van der Waals surface area contributed by atoms with Crippen molar-refractivity contribution in [3.05, 3.63) is 54.1 Å². The zero-order chi connectivity index (χ0) is 13.4. The van der Waals surface area contributed by atoms with E-state index in [0.29, 0.717) is 6.04 Å². The van der Waals surface area contributed by atoms with Crippen LogP contribution in [0.1, 0.15) is 18.0 Å². The van der Waals surface area contributed by atoms with E-state index in [9.17, 15) is 0 Å². The molecule has 3 heteroatoms. The van der Waals surface area contributed by atoms with Gasteiger partial charge < -0.3 is 15.0 Å². The van der Waals surface area contributed by atoms with Crippen molar-refractivity contribution in [3.63, 3.8) is 0 Å². The Hall–Kier alpha value is -2.16. The van der Waals surface area contributed by atoms with Gasteiger partial charge in [-0.1, -0.05) is 30.3 Å². The maximum Gasteiger partial charge on any atom is 0.142 e. The molecule has 0 amide bonds. The summed E-state index contributed by atoms with van der Waals surface area (Å²) >= 11 is 0. The van der Waals surface area contributed by atoms with Crippen LogP contribution in [-0.4, -0.2) is 19.7 Å². The predicted molar refractivity (Wildman–Crippen MR) is 81.6 cm³/mol. The van der Waals surface area contributed by atoms with Crippen LogP contribution >= 0.6 is 0 Å². The molecule has 20 heavy (non-hydrogen) atoms. The summed E-state index contributed by atoms with van der Waals surface area (Å²) in [6.07, 6.45) is 1.13. The smallest absolute Gasteiger partial charge is 0.142 e. The van der Waals surface area contributed by atoms with Crippen LogP contribution in [0.4, 0.5) is 11.4 Å². The molecule has 1 atom stereocenters. The highest BCUT2D eigenvalue weighted by molar-refractivity contribution is 5.64. The van der Waals surface area contributed by atoms with Gasteiger partial charge in [0.05, 0.1) is 18.3 Å². The summed E-state index contributed by atoms with van der Waals surface area (Å²) in [7, 11) is 0. The molecule has 1 N–H and O–H groups in total. The number of anilines is 2. The quantitative estimate of drug-likeness (QED) is 0.855. The Labute approximate surface area is 119 Å². The average molecular weight is 266 g/mol. The van der Waals surface area contributed by atoms with E-state index in [1.54, 1.807) is 0 Å². The first-order valence-electron chi connectivity index (χ1n) is 7.25. The monoisotopic (exact) mass is 266 g/mol. The van der Waals surface area contributed by atoms with Crippen LogP contribution in [0.25, 0.3) is 0 Å². The largest absolute Gasteiger partial charge is 0.490 e. The second kappa shape index (κ2) is 4.75. The Morgan fingerprint density at radius 2 is 1.90 bits per heavy atom. The fourth-order valence-corrected chi connectivity index (χ4v) is 3.29. The van der Waals surface area contributed by atoms with Gasteiger partial charge in [0.15, 0.2) is 0 Å². The first-order chi connectivity index (χ1) is 9.93. The molecule has 4 rings (SSSR count). The Kier molecular flexibility index (Phi) is 2.76. The third kappa shape index (κ3) is 1.82. The van der Waals surface area contributed by atoms with Crippen molar-refractivity contribution in [2.24, 2.45) is 0 Å². The summed E-state index contributed by atoms with van der Waals surface area (Å²) in [4.78, 5) is 2.50. The van der Waals surface area contributed by atoms with Gasteiger partial charge in [-0.25, -0.2) is 0 Å². The van der Waals surface area contributed by atoms with Crippen LogP contribution in [0.2, 0.25) is 0 Å². The van der Waals surface area contributed by atoms with E-state index < -0.39 is 0 Å². The molecule has 2 aromatic carbocycles. The van der Waals surface area contributed by atoms with Gasteiger partial charge >= 0.3 is 0 Å². The van der Waals surface area contributed by atoms with E-state index in [4.69, 9.17) is 4.74 Å². The summed E-state index contributed by atoms with van der Waals surface area (Å²) in [6, 6.07) is 17.4. The SMILES string of the molecule is c1ccc2c(c1)NCCC2N1CCOc2ccccc21. The van der Waals surface area contributed by atoms with Gasteiger partial charge in [-0.3, -0.25) is 0 Å². The van der Waals surface area contributed by atoms with Gasteiger partial charge in [0, 0.05) is 12.2 Å². The topological polar surface area (TPSA) is 24.5 Å². The van der Waals surface area contributed by atoms with Crippen LogP contribution in [0.15, 0.2) is 48.5 Å². The maximum atomic E-state index is 5.78. The summed E-state index contributed by atoms with van der Waals surface area (Å²) in [6.45, 7) is 2.75. The molecule has 102 valence electrons. The minimum Gasteiger partial charge on any atom is -0.490 e. The number of nitrogens with one attached hydrogen (secondary N) is 1. The zero-order valence-electron chi connectivity index (χ0n) is 11.4. The van der Waals surface area contributed by atoms with Crippen molar-refractivity contribution < 1.29 is 4.74 Å². The maximum absolute atomic E-state index is 5.78. The normalized spacial score (nSPS) is 20.4. The minimum atomic E-state index is 0.442. The van der Waals surface area contributed by atoms with Crippen molar-refractivity contribution in [1.29, 1.82) is 0 Å². The number of rotatable bonds is 1. The molecular formula is C17H18N2O. The van der Waals surface area contributed by atoms with Crippen molar-refractivity contribution in [3.8, 4) is 5.75 Å². The molecule has 0 aliphatic carbocycles. The number of hydrogen-bond donors (Lipinski definition) is 1. The lowest BCUT2D eigenvalue weighted by atomic mass is 9.95. The van der Waals surface area contributed by atoms with Gasteiger partial charge in [-0.15, -0.1) is 0 Å². The molecule has 0 saturated heterocycles. The third-order valence-electron chi connectivity index (χ3n) is 4.19. The minimum absolute atomic E-state index is 0.442. The number of benzene rings is 2. The van der Waals surface area contributed by atoms with Gasteiger partial charge in [0.2, 0.25) is 0 Å². The molecule has 0 spiro atoms. The number of nitrogens with zero attached hydrogens (tertiary/aromatic N) is 1. The Morgan fingerprint density at radius 1 is 1.05 bits per heavy atom. The van der Waals surface area contributed by atoms with Crippen LogP contribution in [0.3, 0.4) is 0 Å². The van der Waals surface area contributed by atoms with E-state index >= 15 is 0 Å². The molecule has 0 radical (unpaired) electrons. The van der Waals surface area contributed by atoms with Crippen LogP contribution in [-0.2, 0) is 0 Å². The molecule has 2 aromatic rings. The molecule has 2 heterocycles. The molecular weight excluding hydrogens is 248 g/mol. The van der Waals surface area contributed by atoms with E-state index in [1.165, 1.54) is 16.9 Å². The highest BCUT2D eigenvalue weighted by Gasteiger charge is 2.29. The second-order valence-electron chi connectivity index (χ2n) is 5.33. The Bertz CT molecular complexity index is 570. The first kappa shape index (κ1) is 11.6. The Morgan fingerprint density at radius 3 is 2.90 bits per heavy atom. The van der Waals surface area contributed by atoms with Crippen LogP contribution < -0.4 is 15.0 Å². The third-order valence-corrected chi connectivity index (χ3v) is 4.19. The lowest BCUT2D eigenvalue weighted by Crippen LogP contribution is -2.38. The standard InChI is InChI=1S/C17H18N2O/c1-2-6-14-13(5-1)15(9-10-18-14)19-11-12-20-17-8-4-3-7-16(17)19/h1-8,15,18H,9-12H2. The summed E-state index contributed by atoms with van der Waals surface area (Å²) in [5.74, 6) is 1.01. The van der Waals surface area contributed by atoms with Crippen molar-refractivity contribution in [1.82, 2.24) is 0 Å². The summed E-state index contributed by atoms with van der Waals surface area (Å²) in [5, 5.41) is 3.50. The molecule has 2 aliphatic rings. The first-order valence-corrected chi connectivity index (χ1v) is 7.25. The number of ether oxygens (including phenoxy) is 1. The molecule has 0 fully saturated rings. The van der Waals surface area contributed by atoms with Crippen molar-refractivity contribution >= 4 is 11.4 Å². The fourth-order valence-electron chi connectivity index (χ4n) is 3.29. The number of fused-ring (bicyclic) bond motifs is 2. The van der Waals surface area contributed by atoms with Crippen molar-refractivity contribution in [2.45, 2.75) is 12.5 Å². The summed E-state index contributed by atoms with van der Waals surface area (Å²) in [5.41, 5.74) is 3.89. The van der Waals surface area contributed by atoms with E-state index in [0.717, 1.165) is 31.9 Å². The molecule has 0 saturated carbocycles. The highest BCUT2D eigenvalue weighted by Crippen LogP contribution is 2.41. The predicted octanol–water partition coefficient (Wildman–Crippen LogP) is 3.44. The Balaban J connectivity index is 1.77. The van der Waals surface area contributed by atoms with Gasteiger partial charge in [0.1, 0.15) is 12.4 Å². The molecule has 1 unspecified atom stereocenters. The van der Waals surface area contributed by atoms with Gasteiger partial charge in [-0.2, -0.15) is 0 Å². The molecule has 0 bridgehead atoms. The number of hydrogen-bond acceptors (Lipinski definition) is 3. The van der Waals surface area contributed by atoms with E-state index in [1.807, 2.05) is 6.07 Å². The highest BCUT2D eigenvalue weighted by atomic mass is 16.5. The lowest BCUT2D eigenvalue weighted by Gasteiger charge is -2.40. The van der Waals surface area contributed by atoms with E-state index in [2.05, 4.69) is 52.7 Å². The van der Waals surface area contributed by atoms with Crippen molar-refractivity contribution in [2.75, 3.05) is 29.9 Å². The summed E-state index contributed by atoms with van der Waals surface area (Å²) < 4.78 is 5.78. The number of para-hydroxylation sites is 3. The van der Waals surface area contributed by atoms with Gasteiger partial charge in [0.25, 0.3) is 0 Å². The van der Waals surface area contributed by atoms with Gasteiger partial charge in [-0.05, 0) is 30.2 Å².